The van der Waals surface area contributed by atoms with Crippen molar-refractivity contribution in [2.45, 2.75) is 18.8 Å². The Morgan fingerprint density at radius 2 is 2.19 bits per heavy atom. The van der Waals surface area contributed by atoms with Crippen molar-refractivity contribution in [3.8, 4) is 11.1 Å². The summed E-state index contributed by atoms with van der Waals surface area (Å²) in [5.41, 5.74) is 3.75. The molecular formula is C18H19N9. The highest BCUT2D eigenvalue weighted by Crippen LogP contribution is 2.30. The minimum Gasteiger partial charge on any atom is -0.323 e. The van der Waals surface area contributed by atoms with Crippen molar-refractivity contribution in [1.29, 1.82) is 0 Å². The summed E-state index contributed by atoms with van der Waals surface area (Å²) in [6.45, 7) is 2.00. The maximum absolute atomic E-state index is 4.96. The van der Waals surface area contributed by atoms with Gasteiger partial charge in [-0.15, -0.1) is 0 Å². The van der Waals surface area contributed by atoms with Gasteiger partial charge in [-0.25, -0.2) is 9.97 Å². The second-order valence-electron chi connectivity index (χ2n) is 6.61. The molecule has 0 aliphatic carbocycles. The van der Waals surface area contributed by atoms with Crippen molar-refractivity contribution in [2.24, 2.45) is 0 Å². The lowest BCUT2D eigenvalue weighted by Gasteiger charge is -2.23. The van der Waals surface area contributed by atoms with Gasteiger partial charge in [0.15, 0.2) is 5.65 Å². The van der Waals surface area contributed by atoms with Crippen molar-refractivity contribution >= 4 is 17.3 Å². The molecule has 0 spiro atoms. The van der Waals surface area contributed by atoms with Gasteiger partial charge in [0.2, 0.25) is 0 Å². The summed E-state index contributed by atoms with van der Waals surface area (Å²) >= 11 is 0. The molecule has 3 N–H and O–H groups in total. The van der Waals surface area contributed by atoms with E-state index in [9.17, 15) is 0 Å². The van der Waals surface area contributed by atoms with Crippen molar-refractivity contribution in [2.75, 3.05) is 18.4 Å². The number of aromatic nitrogens is 7. The molecule has 0 radical (unpaired) electrons. The summed E-state index contributed by atoms with van der Waals surface area (Å²) in [7, 11) is 0. The Labute approximate surface area is 155 Å². The molecule has 5 heterocycles. The number of nitrogens with zero attached hydrogens (tertiary/aromatic N) is 6. The lowest BCUT2D eigenvalue weighted by atomic mass is 9.96. The third kappa shape index (κ3) is 3.02. The van der Waals surface area contributed by atoms with Crippen LogP contribution in [0.25, 0.3) is 16.8 Å². The first-order valence-corrected chi connectivity index (χ1v) is 9.00. The van der Waals surface area contributed by atoms with Crippen LogP contribution in [0.15, 0.2) is 43.2 Å². The zero-order valence-corrected chi connectivity index (χ0v) is 14.6. The molecule has 1 fully saturated rings. The molecular weight excluding hydrogens is 342 g/mol. The number of hydrogen-bond acceptors (Lipinski definition) is 7. The quantitative estimate of drug-likeness (QED) is 0.511. The maximum Gasteiger partial charge on any atom is 0.165 e. The largest absolute Gasteiger partial charge is 0.323 e. The molecule has 0 amide bonds. The van der Waals surface area contributed by atoms with Gasteiger partial charge in [-0.1, -0.05) is 0 Å². The smallest absolute Gasteiger partial charge is 0.165 e. The van der Waals surface area contributed by atoms with Crippen LogP contribution in [-0.2, 0) is 0 Å². The standard InChI is InChI=1S/C18H19N9/c1-2-12(7-19-3-1)15-6-17(26-16-11-20-4-5-21-16)27-18(25-15)14(10-24-27)13-8-22-23-9-13/h4-6,8-12,19H,1-3,7H2,(H,21,26)(H,22,23). The molecule has 4 aromatic heterocycles. The fourth-order valence-corrected chi connectivity index (χ4v) is 3.48. The molecule has 1 aliphatic heterocycles. The molecule has 1 saturated heterocycles. The monoisotopic (exact) mass is 361 g/mol. The van der Waals surface area contributed by atoms with Crippen LogP contribution in [-0.4, -0.2) is 47.9 Å². The zero-order valence-electron chi connectivity index (χ0n) is 14.6. The van der Waals surface area contributed by atoms with E-state index in [0.29, 0.717) is 11.7 Å². The SMILES string of the molecule is c1cnc(Nc2cc(C3CCCNC3)nc3c(-c4cn[nH]c4)cnn23)cn1. The predicted octanol–water partition coefficient (Wildman–Crippen LogP) is 2.12. The highest BCUT2D eigenvalue weighted by Gasteiger charge is 2.21. The van der Waals surface area contributed by atoms with E-state index in [0.717, 1.165) is 54.2 Å². The molecule has 1 aliphatic rings. The number of fused-ring (bicyclic) bond motifs is 1. The first-order valence-electron chi connectivity index (χ1n) is 9.00. The summed E-state index contributed by atoms with van der Waals surface area (Å²) in [5, 5.41) is 18.2. The Bertz CT molecular complexity index is 1030. The third-order valence-electron chi connectivity index (χ3n) is 4.84. The van der Waals surface area contributed by atoms with Crippen LogP contribution in [0.5, 0.6) is 0 Å². The molecule has 0 aromatic carbocycles. The van der Waals surface area contributed by atoms with Crippen LogP contribution in [0.4, 0.5) is 11.6 Å². The molecule has 0 bridgehead atoms. The lowest BCUT2D eigenvalue weighted by Crippen LogP contribution is -2.29. The molecule has 136 valence electrons. The highest BCUT2D eigenvalue weighted by atomic mass is 15.3. The van der Waals surface area contributed by atoms with Crippen LogP contribution >= 0.6 is 0 Å². The molecule has 9 heteroatoms. The molecule has 1 unspecified atom stereocenters. The molecule has 5 rings (SSSR count). The van der Waals surface area contributed by atoms with Gasteiger partial charge >= 0.3 is 0 Å². The van der Waals surface area contributed by atoms with Crippen LogP contribution in [0, 0.1) is 0 Å². The fourth-order valence-electron chi connectivity index (χ4n) is 3.48. The van der Waals surface area contributed by atoms with Gasteiger partial charge in [0.25, 0.3) is 0 Å². The van der Waals surface area contributed by atoms with Crippen LogP contribution in [0.2, 0.25) is 0 Å². The van der Waals surface area contributed by atoms with Crippen molar-refractivity contribution in [1.82, 2.24) is 40.1 Å². The normalized spacial score (nSPS) is 17.3. The summed E-state index contributed by atoms with van der Waals surface area (Å²) in [6, 6.07) is 2.06. The fraction of sp³-hybridized carbons (Fsp3) is 0.278. The van der Waals surface area contributed by atoms with Gasteiger partial charge in [-0.2, -0.15) is 14.7 Å². The van der Waals surface area contributed by atoms with Crippen molar-refractivity contribution in [3.05, 3.63) is 48.9 Å². The van der Waals surface area contributed by atoms with Crippen LogP contribution in [0.1, 0.15) is 24.5 Å². The summed E-state index contributed by atoms with van der Waals surface area (Å²) in [4.78, 5) is 13.4. The van der Waals surface area contributed by atoms with Crippen LogP contribution in [0.3, 0.4) is 0 Å². The van der Waals surface area contributed by atoms with E-state index >= 15 is 0 Å². The Balaban J connectivity index is 1.65. The van der Waals surface area contributed by atoms with Gasteiger partial charge in [-0.3, -0.25) is 10.1 Å². The van der Waals surface area contributed by atoms with Gasteiger partial charge in [0, 0.05) is 48.2 Å². The number of hydrogen-bond donors (Lipinski definition) is 3. The number of nitrogens with one attached hydrogen (secondary N) is 3. The molecule has 0 saturated carbocycles. The molecule has 1 atom stereocenters. The van der Waals surface area contributed by atoms with Gasteiger partial charge in [0.05, 0.1) is 24.3 Å². The second-order valence-corrected chi connectivity index (χ2v) is 6.61. The Morgan fingerprint density at radius 1 is 1.19 bits per heavy atom. The Kier molecular flexibility index (Phi) is 3.98. The van der Waals surface area contributed by atoms with Crippen molar-refractivity contribution < 1.29 is 0 Å². The Hall–Kier alpha value is -3.33. The van der Waals surface area contributed by atoms with E-state index in [1.54, 1.807) is 29.3 Å². The number of piperidine rings is 1. The highest BCUT2D eigenvalue weighted by molar-refractivity contribution is 5.77. The Morgan fingerprint density at radius 3 is 2.96 bits per heavy atom. The molecule has 27 heavy (non-hydrogen) atoms. The first-order chi connectivity index (χ1) is 13.4. The average Bonchev–Trinajstić information content (AvgIpc) is 3.39. The third-order valence-corrected chi connectivity index (χ3v) is 4.84. The van der Waals surface area contributed by atoms with E-state index in [-0.39, 0.29) is 0 Å². The average molecular weight is 361 g/mol. The van der Waals surface area contributed by atoms with Crippen LogP contribution < -0.4 is 10.6 Å². The minimum atomic E-state index is 0.373. The summed E-state index contributed by atoms with van der Waals surface area (Å²) < 4.78 is 1.80. The number of rotatable bonds is 4. The topological polar surface area (TPSA) is 109 Å². The van der Waals surface area contributed by atoms with E-state index in [4.69, 9.17) is 4.98 Å². The summed E-state index contributed by atoms with van der Waals surface area (Å²) in [5.74, 6) is 1.85. The summed E-state index contributed by atoms with van der Waals surface area (Å²) in [6.07, 6.45) is 12.7. The maximum atomic E-state index is 4.96. The van der Waals surface area contributed by atoms with E-state index in [2.05, 4.69) is 42.0 Å². The van der Waals surface area contributed by atoms with Gasteiger partial charge in [0.1, 0.15) is 11.6 Å². The second kappa shape index (κ2) is 6.76. The molecule has 4 aromatic rings. The number of aromatic amines is 1. The minimum absolute atomic E-state index is 0.373. The van der Waals surface area contributed by atoms with E-state index in [1.807, 2.05) is 12.4 Å². The van der Waals surface area contributed by atoms with Gasteiger partial charge in [-0.05, 0) is 19.4 Å². The van der Waals surface area contributed by atoms with Gasteiger partial charge < -0.3 is 10.6 Å². The first kappa shape index (κ1) is 15.9. The number of anilines is 2. The van der Waals surface area contributed by atoms with E-state index in [1.165, 1.54) is 0 Å². The van der Waals surface area contributed by atoms with Crippen molar-refractivity contribution in [3.63, 3.8) is 0 Å². The van der Waals surface area contributed by atoms with E-state index < -0.39 is 0 Å². The predicted molar refractivity (Wildman–Crippen MR) is 101 cm³/mol. The number of H-pyrrole nitrogens is 1. The molecule has 9 nitrogen and oxygen atoms in total. The zero-order chi connectivity index (χ0) is 18.1. The lowest BCUT2D eigenvalue weighted by molar-refractivity contribution is 0.455.